The van der Waals surface area contributed by atoms with Gasteiger partial charge in [-0.3, -0.25) is 10.1 Å². The van der Waals surface area contributed by atoms with Gasteiger partial charge in [-0.15, -0.1) is 24.2 Å². The maximum atomic E-state index is 12.5. The van der Waals surface area contributed by atoms with E-state index in [4.69, 9.17) is 9.47 Å². The van der Waals surface area contributed by atoms with E-state index < -0.39 is 0 Å². The topological polar surface area (TPSA) is 50.8 Å². The highest BCUT2D eigenvalue weighted by Gasteiger charge is 2.30. The number of rotatable bonds is 3. The average molecular weight is 345 g/mol. The SMILES string of the molecule is COc1cc2c(cc1OC)CN(C(=O)C1CSCN1)CC2.Cl. The van der Waals surface area contributed by atoms with Crippen LogP contribution in [0.15, 0.2) is 12.1 Å². The minimum Gasteiger partial charge on any atom is -0.493 e. The van der Waals surface area contributed by atoms with Crippen molar-refractivity contribution in [1.29, 1.82) is 0 Å². The fraction of sp³-hybridized carbons (Fsp3) is 0.533. The molecule has 1 saturated heterocycles. The first-order valence-corrected chi connectivity index (χ1v) is 8.22. The van der Waals surface area contributed by atoms with Crippen LogP contribution in [-0.2, 0) is 17.8 Å². The summed E-state index contributed by atoms with van der Waals surface area (Å²) in [5.74, 6) is 3.42. The van der Waals surface area contributed by atoms with Crippen LogP contribution in [-0.4, -0.2) is 49.2 Å². The van der Waals surface area contributed by atoms with E-state index in [0.717, 1.165) is 41.7 Å². The Labute approximate surface area is 141 Å². The highest BCUT2D eigenvalue weighted by molar-refractivity contribution is 7.99. The van der Waals surface area contributed by atoms with Gasteiger partial charge in [-0.05, 0) is 29.7 Å². The van der Waals surface area contributed by atoms with Gasteiger partial charge in [0.25, 0.3) is 0 Å². The summed E-state index contributed by atoms with van der Waals surface area (Å²) in [7, 11) is 3.28. The Balaban J connectivity index is 0.00000176. The maximum absolute atomic E-state index is 12.5. The molecule has 0 radical (unpaired) electrons. The molecule has 22 heavy (non-hydrogen) atoms. The molecule has 2 aliphatic rings. The van der Waals surface area contributed by atoms with E-state index in [2.05, 4.69) is 5.32 Å². The monoisotopic (exact) mass is 344 g/mol. The van der Waals surface area contributed by atoms with Gasteiger partial charge in [-0.1, -0.05) is 0 Å². The number of fused-ring (bicyclic) bond motifs is 1. The highest BCUT2D eigenvalue weighted by atomic mass is 35.5. The van der Waals surface area contributed by atoms with E-state index in [1.165, 1.54) is 5.56 Å². The fourth-order valence-corrected chi connectivity index (χ4v) is 3.78. The molecule has 3 rings (SSSR count). The normalized spacial score (nSPS) is 20.1. The molecule has 0 spiro atoms. The van der Waals surface area contributed by atoms with Crippen molar-refractivity contribution in [2.24, 2.45) is 0 Å². The molecule has 7 heteroatoms. The number of methoxy groups -OCH3 is 2. The van der Waals surface area contributed by atoms with Gasteiger partial charge >= 0.3 is 0 Å². The van der Waals surface area contributed by atoms with Crippen LogP contribution in [0.4, 0.5) is 0 Å². The molecule has 2 heterocycles. The fourth-order valence-electron chi connectivity index (χ4n) is 2.85. The number of carbonyl (C=O) groups excluding carboxylic acids is 1. The molecule has 1 aromatic rings. The van der Waals surface area contributed by atoms with E-state index in [0.29, 0.717) is 6.54 Å². The van der Waals surface area contributed by atoms with Crippen LogP contribution in [0.25, 0.3) is 0 Å². The number of carbonyl (C=O) groups is 1. The minimum atomic E-state index is -0.0308. The molecule has 1 amide bonds. The van der Waals surface area contributed by atoms with Gasteiger partial charge in [0.2, 0.25) is 5.91 Å². The molecular weight excluding hydrogens is 324 g/mol. The van der Waals surface area contributed by atoms with Gasteiger partial charge in [-0.25, -0.2) is 0 Å². The summed E-state index contributed by atoms with van der Waals surface area (Å²) in [4.78, 5) is 14.4. The van der Waals surface area contributed by atoms with Crippen molar-refractivity contribution >= 4 is 30.1 Å². The molecule has 1 aromatic carbocycles. The molecule has 0 bridgehead atoms. The molecule has 122 valence electrons. The zero-order valence-electron chi connectivity index (χ0n) is 12.8. The lowest BCUT2D eigenvalue weighted by Gasteiger charge is -2.31. The van der Waals surface area contributed by atoms with Crippen molar-refractivity contribution in [3.63, 3.8) is 0 Å². The smallest absolute Gasteiger partial charge is 0.240 e. The van der Waals surface area contributed by atoms with Crippen LogP contribution in [0, 0.1) is 0 Å². The lowest BCUT2D eigenvalue weighted by molar-refractivity contribution is -0.133. The number of hydrogen-bond acceptors (Lipinski definition) is 5. The Morgan fingerprint density at radius 2 is 1.95 bits per heavy atom. The Kier molecular flexibility index (Phi) is 5.83. The van der Waals surface area contributed by atoms with Crippen LogP contribution in [0.3, 0.4) is 0 Å². The van der Waals surface area contributed by atoms with Crippen LogP contribution in [0.5, 0.6) is 11.5 Å². The van der Waals surface area contributed by atoms with Crippen molar-refractivity contribution in [2.45, 2.75) is 19.0 Å². The summed E-state index contributed by atoms with van der Waals surface area (Å²) in [5, 5.41) is 3.25. The number of nitrogens with one attached hydrogen (secondary N) is 1. The summed E-state index contributed by atoms with van der Waals surface area (Å²) < 4.78 is 10.7. The Morgan fingerprint density at radius 3 is 2.55 bits per heavy atom. The Morgan fingerprint density at radius 1 is 1.27 bits per heavy atom. The number of thioether (sulfide) groups is 1. The van der Waals surface area contributed by atoms with Crippen molar-refractivity contribution in [2.75, 3.05) is 32.4 Å². The third kappa shape index (κ3) is 3.29. The third-order valence-corrected chi connectivity index (χ3v) is 4.98. The first kappa shape index (κ1) is 17.2. The molecule has 0 aromatic heterocycles. The van der Waals surface area contributed by atoms with E-state index in [1.807, 2.05) is 17.0 Å². The molecule has 1 N–H and O–H groups in total. The lowest BCUT2D eigenvalue weighted by Crippen LogP contribution is -2.46. The summed E-state index contributed by atoms with van der Waals surface area (Å²) in [6.07, 6.45) is 0.862. The minimum absolute atomic E-state index is 0. The van der Waals surface area contributed by atoms with Crippen molar-refractivity contribution in [3.8, 4) is 11.5 Å². The highest BCUT2D eigenvalue weighted by Crippen LogP contribution is 2.33. The second-order valence-corrected chi connectivity index (χ2v) is 6.29. The van der Waals surface area contributed by atoms with Gasteiger partial charge in [0, 0.05) is 24.7 Å². The first-order valence-electron chi connectivity index (χ1n) is 7.06. The van der Waals surface area contributed by atoms with E-state index in [9.17, 15) is 4.79 Å². The second kappa shape index (κ2) is 7.44. The predicted molar refractivity (Wildman–Crippen MR) is 90.2 cm³/mol. The molecule has 0 aliphatic carbocycles. The Bertz CT molecular complexity index is 550. The number of hydrogen-bond donors (Lipinski definition) is 1. The Hall–Kier alpha value is -1.11. The van der Waals surface area contributed by atoms with Gasteiger partial charge in [0.05, 0.1) is 20.3 Å². The van der Waals surface area contributed by atoms with E-state index in [-0.39, 0.29) is 24.4 Å². The molecule has 1 atom stereocenters. The van der Waals surface area contributed by atoms with Crippen LogP contribution >= 0.6 is 24.2 Å². The summed E-state index contributed by atoms with van der Waals surface area (Å²) in [6, 6.07) is 3.99. The molecule has 2 aliphatic heterocycles. The number of amides is 1. The number of nitrogens with zero attached hydrogens (tertiary/aromatic N) is 1. The van der Waals surface area contributed by atoms with Crippen molar-refractivity contribution < 1.29 is 14.3 Å². The third-order valence-electron chi connectivity index (χ3n) is 4.04. The van der Waals surface area contributed by atoms with Gasteiger partial charge in [0.15, 0.2) is 11.5 Å². The summed E-state index contributed by atoms with van der Waals surface area (Å²) >= 11 is 1.78. The van der Waals surface area contributed by atoms with Crippen LogP contribution in [0.1, 0.15) is 11.1 Å². The second-order valence-electron chi connectivity index (χ2n) is 5.26. The maximum Gasteiger partial charge on any atom is 0.240 e. The molecule has 0 saturated carbocycles. The number of benzene rings is 1. The predicted octanol–water partition coefficient (Wildman–Crippen LogP) is 1.67. The molecule has 5 nitrogen and oxygen atoms in total. The summed E-state index contributed by atoms with van der Waals surface area (Å²) in [6.45, 7) is 1.42. The van der Waals surface area contributed by atoms with Gasteiger partial charge in [-0.2, -0.15) is 0 Å². The largest absolute Gasteiger partial charge is 0.493 e. The molecule has 1 unspecified atom stereocenters. The zero-order valence-corrected chi connectivity index (χ0v) is 14.4. The first-order chi connectivity index (χ1) is 10.2. The lowest BCUT2D eigenvalue weighted by atomic mass is 9.98. The van der Waals surface area contributed by atoms with E-state index >= 15 is 0 Å². The number of ether oxygens (including phenoxy) is 2. The van der Waals surface area contributed by atoms with Crippen LogP contribution in [0.2, 0.25) is 0 Å². The van der Waals surface area contributed by atoms with Gasteiger partial charge in [0.1, 0.15) is 0 Å². The van der Waals surface area contributed by atoms with Crippen molar-refractivity contribution in [3.05, 3.63) is 23.3 Å². The summed E-state index contributed by atoms with van der Waals surface area (Å²) in [5.41, 5.74) is 2.39. The zero-order chi connectivity index (χ0) is 14.8. The number of halogens is 1. The van der Waals surface area contributed by atoms with E-state index in [1.54, 1.807) is 26.0 Å². The average Bonchev–Trinajstić information content (AvgIpc) is 3.06. The standard InChI is InChI=1S/C15H20N2O3S.ClH/c1-19-13-5-10-3-4-17(7-11(10)6-14(13)20-2)15(18)12-8-21-9-16-12;/h5-6,12,16H,3-4,7-9H2,1-2H3;1H. The van der Waals surface area contributed by atoms with Gasteiger partial charge < -0.3 is 14.4 Å². The molecule has 1 fully saturated rings. The quantitative estimate of drug-likeness (QED) is 0.904. The van der Waals surface area contributed by atoms with Crippen molar-refractivity contribution in [1.82, 2.24) is 10.2 Å². The van der Waals surface area contributed by atoms with Crippen LogP contribution < -0.4 is 14.8 Å². The molecular formula is C15H21ClN2O3S.